The van der Waals surface area contributed by atoms with Gasteiger partial charge in [-0.25, -0.2) is 4.79 Å². The van der Waals surface area contributed by atoms with Gasteiger partial charge in [0.15, 0.2) is 0 Å². The van der Waals surface area contributed by atoms with E-state index in [1.165, 1.54) is 6.42 Å². The van der Waals surface area contributed by atoms with Crippen LogP contribution in [-0.2, 0) is 4.74 Å². The molecule has 1 N–H and O–H groups in total. The molecule has 1 aromatic rings. The summed E-state index contributed by atoms with van der Waals surface area (Å²) in [6.45, 7) is 10.5. The average molecular weight is 345 g/mol. The number of urea groups is 1. The van der Waals surface area contributed by atoms with E-state index in [9.17, 15) is 4.79 Å². The molecule has 2 aliphatic rings. The summed E-state index contributed by atoms with van der Waals surface area (Å²) in [6.07, 6.45) is 1.29. The monoisotopic (exact) mass is 345 g/mol. The first kappa shape index (κ1) is 18.2. The number of carbonyl (C=O) groups is 1. The number of ether oxygens (including phenoxy) is 1. The van der Waals surface area contributed by atoms with Crippen LogP contribution >= 0.6 is 0 Å². The van der Waals surface area contributed by atoms with Crippen LogP contribution in [0.25, 0.3) is 0 Å². The zero-order valence-electron chi connectivity index (χ0n) is 15.5. The molecule has 0 aliphatic carbocycles. The Hall–Kier alpha value is -1.59. The molecule has 5 heteroatoms. The van der Waals surface area contributed by atoms with Crippen LogP contribution in [-0.4, -0.2) is 61.7 Å². The second-order valence-electron chi connectivity index (χ2n) is 7.65. The number of piperidine rings is 1. The molecule has 1 aromatic carbocycles. The molecule has 0 radical (unpaired) electrons. The molecule has 3 unspecified atom stereocenters. The summed E-state index contributed by atoms with van der Waals surface area (Å²) in [7, 11) is 0. The van der Waals surface area contributed by atoms with E-state index in [1.54, 1.807) is 0 Å². The minimum Gasteiger partial charge on any atom is -0.370 e. The quantitative estimate of drug-likeness (QED) is 0.913. The topological polar surface area (TPSA) is 44.8 Å². The van der Waals surface area contributed by atoms with Gasteiger partial charge in [0, 0.05) is 32.7 Å². The first-order valence-electron chi connectivity index (χ1n) is 9.53. The summed E-state index contributed by atoms with van der Waals surface area (Å²) in [5, 5.41) is 3.09. The van der Waals surface area contributed by atoms with Gasteiger partial charge in [-0.3, -0.25) is 0 Å². The highest BCUT2D eigenvalue weighted by molar-refractivity contribution is 5.74. The molecule has 2 saturated heterocycles. The predicted octanol–water partition coefficient (Wildman–Crippen LogP) is 2.75. The Kier molecular flexibility index (Phi) is 6.32. The van der Waals surface area contributed by atoms with Crippen LogP contribution in [0.3, 0.4) is 0 Å². The predicted molar refractivity (Wildman–Crippen MR) is 99.5 cm³/mol. The van der Waals surface area contributed by atoms with E-state index in [0.717, 1.165) is 37.0 Å². The van der Waals surface area contributed by atoms with E-state index in [2.05, 4.69) is 36.2 Å². The molecule has 5 nitrogen and oxygen atoms in total. The number of amides is 2. The smallest absolute Gasteiger partial charge is 0.317 e. The van der Waals surface area contributed by atoms with Crippen LogP contribution < -0.4 is 5.32 Å². The number of rotatable bonds is 4. The first-order valence-corrected chi connectivity index (χ1v) is 9.53. The third kappa shape index (κ3) is 5.19. The Morgan fingerprint density at radius 2 is 1.88 bits per heavy atom. The van der Waals surface area contributed by atoms with Crippen molar-refractivity contribution in [3.05, 3.63) is 35.9 Å². The van der Waals surface area contributed by atoms with E-state index in [-0.39, 0.29) is 12.1 Å². The zero-order valence-corrected chi connectivity index (χ0v) is 15.5. The molecule has 25 heavy (non-hydrogen) atoms. The van der Waals surface area contributed by atoms with Gasteiger partial charge < -0.3 is 19.9 Å². The van der Waals surface area contributed by atoms with Gasteiger partial charge in [-0.15, -0.1) is 0 Å². The maximum atomic E-state index is 12.5. The average Bonchev–Trinajstić information content (AvgIpc) is 2.62. The van der Waals surface area contributed by atoms with Crippen molar-refractivity contribution in [2.45, 2.75) is 26.4 Å². The lowest BCUT2D eigenvalue weighted by atomic mass is 9.92. The lowest BCUT2D eigenvalue weighted by Crippen LogP contribution is -2.49. The third-order valence-electron chi connectivity index (χ3n) is 5.17. The van der Waals surface area contributed by atoms with E-state index in [1.807, 2.05) is 23.1 Å². The summed E-state index contributed by atoms with van der Waals surface area (Å²) in [6, 6.07) is 10.2. The summed E-state index contributed by atoms with van der Waals surface area (Å²) >= 11 is 0. The van der Waals surface area contributed by atoms with Crippen LogP contribution in [0.15, 0.2) is 30.3 Å². The number of nitrogens with one attached hydrogen (secondary N) is 1. The Morgan fingerprint density at radius 3 is 2.60 bits per heavy atom. The van der Waals surface area contributed by atoms with Crippen molar-refractivity contribution >= 4 is 6.03 Å². The Bertz CT molecular complexity index is 541. The third-order valence-corrected chi connectivity index (χ3v) is 5.17. The highest BCUT2D eigenvalue weighted by Gasteiger charge is 2.26. The highest BCUT2D eigenvalue weighted by atomic mass is 16.5. The van der Waals surface area contributed by atoms with Crippen molar-refractivity contribution in [1.82, 2.24) is 15.1 Å². The maximum absolute atomic E-state index is 12.5. The molecule has 3 atom stereocenters. The fourth-order valence-electron chi connectivity index (χ4n) is 4.11. The fourth-order valence-corrected chi connectivity index (χ4v) is 4.11. The van der Waals surface area contributed by atoms with Gasteiger partial charge in [0.2, 0.25) is 0 Å². The molecule has 138 valence electrons. The fraction of sp³-hybridized carbons (Fsp3) is 0.650. The first-order chi connectivity index (χ1) is 12.1. The molecule has 2 amide bonds. The van der Waals surface area contributed by atoms with Crippen molar-refractivity contribution in [3.8, 4) is 0 Å². The molecule has 0 spiro atoms. The van der Waals surface area contributed by atoms with Crippen LogP contribution in [0.1, 0.15) is 31.9 Å². The van der Waals surface area contributed by atoms with Gasteiger partial charge in [0.05, 0.1) is 13.2 Å². The minimum absolute atomic E-state index is 0.0236. The number of benzene rings is 1. The minimum atomic E-state index is -0.0236. The van der Waals surface area contributed by atoms with Crippen molar-refractivity contribution in [1.29, 1.82) is 0 Å². The molecule has 0 aromatic heterocycles. The van der Waals surface area contributed by atoms with Gasteiger partial charge in [0.25, 0.3) is 0 Å². The van der Waals surface area contributed by atoms with Crippen molar-refractivity contribution < 1.29 is 9.53 Å². The van der Waals surface area contributed by atoms with E-state index in [4.69, 9.17) is 4.74 Å². The molecule has 2 fully saturated rings. The second kappa shape index (κ2) is 8.68. The van der Waals surface area contributed by atoms with E-state index in [0.29, 0.717) is 26.2 Å². The van der Waals surface area contributed by atoms with Crippen LogP contribution in [0.5, 0.6) is 0 Å². The van der Waals surface area contributed by atoms with Gasteiger partial charge in [-0.1, -0.05) is 44.2 Å². The van der Waals surface area contributed by atoms with Crippen molar-refractivity contribution in [2.24, 2.45) is 11.8 Å². The molecular weight excluding hydrogens is 314 g/mol. The Labute approximate surface area is 151 Å². The van der Waals surface area contributed by atoms with Crippen LogP contribution in [0.2, 0.25) is 0 Å². The second-order valence-corrected chi connectivity index (χ2v) is 7.65. The molecule has 0 bridgehead atoms. The number of likely N-dealkylation sites (tertiary alicyclic amines) is 1. The summed E-state index contributed by atoms with van der Waals surface area (Å²) < 4.78 is 5.84. The normalized spacial score (nSPS) is 27.9. The van der Waals surface area contributed by atoms with E-state index >= 15 is 0 Å². The van der Waals surface area contributed by atoms with Gasteiger partial charge in [0.1, 0.15) is 6.10 Å². The van der Waals surface area contributed by atoms with E-state index < -0.39 is 0 Å². The van der Waals surface area contributed by atoms with Crippen LogP contribution in [0, 0.1) is 11.8 Å². The maximum Gasteiger partial charge on any atom is 0.317 e. The molecular formula is C20H31N3O2. The van der Waals surface area contributed by atoms with Gasteiger partial charge in [-0.05, 0) is 23.8 Å². The SMILES string of the molecule is CC1CC(C)CN(CCNC(=O)N2CCOC(c3ccccc3)C2)C1. The Morgan fingerprint density at radius 1 is 1.16 bits per heavy atom. The summed E-state index contributed by atoms with van der Waals surface area (Å²) in [4.78, 5) is 16.8. The lowest BCUT2D eigenvalue weighted by Gasteiger charge is -2.35. The van der Waals surface area contributed by atoms with Gasteiger partial charge >= 0.3 is 6.03 Å². The number of carbonyl (C=O) groups excluding carboxylic acids is 1. The molecule has 3 rings (SSSR count). The standard InChI is InChI=1S/C20H31N3O2/c1-16-12-17(2)14-22(13-16)9-8-21-20(24)23-10-11-25-19(15-23)18-6-4-3-5-7-18/h3-7,16-17,19H,8-15H2,1-2H3,(H,21,24). The molecule has 0 saturated carbocycles. The number of hydrogen-bond donors (Lipinski definition) is 1. The van der Waals surface area contributed by atoms with Crippen molar-refractivity contribution in [2.75, 3.05) is 45.9 Å². The molecule has 2 aliphatic heterocycles. The lowest BCUT2D eigenvalue weighted by molar-refractivity contribution is -0.0155. The largest absolute Gasteiger partial charge is 0.370 e. The summed E-state index contributed by atoms with van der Waals surface area (Å²) in [5.41, 5.74) is 1.14. The Balaban J connectivity index is 1.43. The van der Waals surface area contributed by atoms with Gasteiger partial charge in [-0.2, -0.15) is 0 Å². The summed E-state index contributed by atoms with van der Waals surface area (Å²) in [5.74, 6) is 1.51. The highest BCUT2D eigenvalue weighted by Crippen LogP contribution is 2.22. The van der Waals surface area contributed by atoms with Crippen molar-refractivity contribution in [3.63, 3.8) is 0 Å². The zero-order chi connectivity index (χ0) is 17.6. The number of hydrogen-bond acceptors (Lipinski definition) is 3. The molecule has 2 heterocycles. The number of nitrogens with zero attached hydrogens (tertiary/aromatic N) is 2. The van der Waals surface area contributed by atoms with Crippen LogP contribution in [0.4, 0.5) is 4.79 Å². The number of morpholine rings is 1.